The molecular weight excluding hydrogens is 330 g/mol. The number of para-hydroxylation sites is 1. The summed E-state index contributed by atoms with van der Waals surface area (Å²) in [6.45, 7) is 0. The van der Waals surface area contributed by atoms with Crippen LogP contribution in [-0.4, -0.2) is 31.7 Å². The number of ether oxygens (including phenoxy) is 3. The van der Waals surface area contributed by atoms with Gasteiger partial charge in [0.1, 0.15) is 0 Å². The number of hydrogen-bond donors (Lipinski definition) is 0. The van der Waals surface area contributed by atoms with Crippen molar-refractivity contribution in [1.29, 1.82) is 0 Å². The van der Waals surface area contributed by atoms with Crippen molar-refractivity contribution >= 4 is 22.8 Å². The van der Waals surface area contributed by atoms with E-state index in [1.54, 1.807) is 18.2 Å². The number of nitrogens with zero attached hydrogens (tertiary/aromatic N) is 1. The van der Waals surface area contributed by atoms with Gasteiger partial charge in [-0.3, -0.25) is 4.79 Å². The SMILES string of the molecule is COc1cc(C(=O)C=Cc2cn(C)c3ccccc23)cc(OC)c1OC. The maximum atomic E-state index is 12.7. The van der Waals surface area contributed by atoms with Crippen molar-refractivity contribution in [2.75, 3.05) is 21.3 Å². The second kappa shape index (κ2) is 7.35. The fraction of sp³-hybridized carbons (Fsp3) is 0.190. The summed E-state index contributed by atoms with van der Waals surface area (Å²) in [5.74, 6) is 1.23. The molecule has 5 nitrogen and oxygen atoms in total. The van der Waals surface area contributed by atoms with Crippen molar-refractivity contribution < 1.29 is 19.0 Å². The van der Waals surface area contributed by atoms with Crippen LogP contribution < -0.4 is 14.2 Å². The topological polar surface area (TPSA) is 49.7 Å². The molecule has 0 bridgehead atoms. The van der Waals surface area contributed by atoms with E-state index in [9.17, 15) is 4.79 Å². The lowest BCUT2D eigenvalue weighted by Gasteiger charge is -2.13. The molecule has 0 atom stereocenters. The third kappa shape index (κ3) is 3.16. The quantitative estimate of drug-likeness (QED) is 0.496. The summed E-state index contributed by atoms with van der Waals surface area (Å²) in [7, 11) is 6.57. The average Bonchev–Trinajstić information content (AvgIpc) is 3.00. The molecule has 0 aliphatic rings. The smallest absolute Gasteiger partial charge is 0.203 e. The molecule has 26 heavy (non-hydrogen) atoms. The van der Waals surface area contributed by atoms with Gasteiger partial charge in [0.25, 0.3) is 0 Å². The molecule has 0 spiro atoms. The van der Waals surface area contributed by atoms with E-state index in [4.69, 9.17) is 14.2 Å². The maximum absolute atomic E-state index is 12.7. The number of fused-ring (bicyclic) bond motifs is 1. The standard InChI is InChI=1S/C21H21NO4/c1-22-13-14(16-7-5-6-8-17(16)22)9-10-18(23)15-11-19(24-2)21(26-4)20(12-15)25-3/h5-13H,1-4H3. The zero-order valence-corrected chi connectivity index (χ0v) is 15.3. The Balaban J connectivity index is 1.95. The molecule has 0 aliphatic heterocycles. The van der Waals surface area contributed by atoms with Crippen LogP contribution in [0.2, 0.25) is 0 Å². The lowest BCUT2D eigenvalue weighted by molar-refractivity contribution is 0.104. The molecule has 5 heteroatoms. The van der Waals surface area contributed by atoms with Crippen LogP contribution in [0.5, 0.6) is 17.2 Å². The van der Waals surface area contributed by atoms with Gasteiger partial charge in [-0.2, -0.15) is 0 Å². The molecule has 0 amide bonds. The van der Waals surface area contributed by atoms with Crippen molar-refractivity contribution in [3.8, 4) is 17.2 Å². The highest BCUT2D eigenvalue weighted by Gasteiger charge is 2.16. The van der Waals surface area contributed by atoms with Gasteiger partial charge in [0, 0.05) is 35.3 Å². The molecule has 3 aromatic rings. The number of hydrogen-bond acceptors (Lipinski definition) is 4. The van der Waals surface area contributed by atoms with E-state index >= 15 is 0 Å². The molecule has 0 aliphatic carbocycles. The van der Waals surface area contributed by atoms with Crippen LogP contribution in [0, 0.1) is 0 Å². The van der Waals surface area contributed by atoms with E-state index in [1.807, 2.05) is 48.2 Å². The van der Waals surface area contributed by atoms with Gasteiger partial charge in [-0.1, -0.05) is 18.2 Å². The van der Waals surface area contributed by atoms with Gasteiger partial charge in [-0.25, -0.2) is 0 Å². The van der Waals surface area contributed by atoms with Crippen molar-refractivity contribution in [1.82, 2.24) is 4.57 Å². The molecule has 134 valence electrons. The molecule has 2 aromatic carbocycles. The third-order valence-electron chi connectivity index (χ3n) is 4.29. The Morgan fingerprint density at radius 2 is 1.65 bits per heavy atom. The number of ketones is 1. The van der Waals surface area contributed by atoms with E-state index < -0.39 is 0 Å². The Morgan fingerprint density at radius 1 is 1.00 bits per heavy atom. The van der Waals surface area contributed by atoms with E-state index in [0.717, 1.165) is 16.5 Å². The largest absolute Gasteiger partial charge is 0.493 e. The van der Waals surface area contributed by atoms with Gasteiger partial charge >= 0.3 is 0 Å². The molecular formula is C21H21NO4. The molecule has 0 saturated heterocycles. The maximum Gasteiger partial charge on any atom is 0.203 e. The highest BCUT2D eigenvalue weighted by molar-refractivity contribution is 6.08. The molecule has 1 heterocycles. The molecule has 3 rings (SSSR count). The van der Waals surface area contributed by atoms with Crippen molar-refractivity contribution in [3.63, 3.8) is 0 Å². The van der Waals surface area contributed by atoms with Gasteiger partial charge < -0.3 is 18.8 Å². The Bertz CT molecular complexity index is 960. The number of aromatic nitrogens is 1. The van der Waals surface area contributed by atoms with Gasteiger partial charge in [-0.15, -0.1) is 0 Å². The number of carbonyl (C=O) groups is 1. The molecule has 0 radical (unpaired) electrons. The fourth-order valence-corrected chi connectivity index (χ4v) is 2.99. The second-order valence-corrected chi connectivity index (χ2v) is 5.82. The lowest BCUT2D eigenvalue weighted by Crippen LogP contribution is -2.00. The van der Waals surface area contributed by atoms with Gasteiger partial charge in [0.2, 0.25) is 5.75 Å². The van der Waals surface area contributed by atoms with E-state index in [0.29, 0.717) is 22.8 Å². The normalized spacial score (nSPS) is 11.1. The first-order chi connectivity index (χ1) is 12.6. The minimum absolute atomic E-state index is 0.141. The van der Waals surface area contributed by atoms with Gasteiger partial charge in [0.15, 0.2) is 17.3 Å². The number of methoxy groups -OCH3 is 3. The predicted octanol–water partition coefficient (Wildman–Crippen LogP) is 4.10. The summed E-state index contributed by atoms with van der Waals surface area (Å²) >= 11 is 0. The number of carbonyl (C=O) groups excluding carboxylic acids is 1. The lowest BCUT2D eigenvalue weighted by atomic mass is 10.1. The van der Waals surface area contributed by atoms with Crippen LogP contribution in [0.3, 0.4) is 0 Å². The van der Waals surface area contributed by atoms with E-state index in [-0.39, 0.29) is 5.78 Å². The monoisotopic (exact) mass is 351 g/mol. The minimum atomic E-state index is -0.141. The summed E-state index contributed by atoms with van der Waals surface area (Å²) in [5, 5.41) is 1.10. The molecule has 0 unspecified atom stereocenters. The van der Waals surface area contributed by atoms with E-state index in [2.05, 4.69) is 0 Å². The summed E-state index contributed by atoms with van der Waals surface area (Å²) in [6.07, 6.45) is 5.39. The zero-order chi connectivity index (χ0) is 18.7. The molecule has 0 fully saturated rings. The first-order valence-corrected chi connectivity index (χ1v) is 8.15. The number of allylic oxidation sites excluding steroid dienone is 1. The molecule has 0 N–H and O–H groups in total. The van der Waals surface area contributed by atoms with Crippen LogP contribution in [-0.2, 0) is 7.05 Å². The van der Waals surface area contributed by atoms with Crippen LogP contribution >= 0.6 is 0 Å². The second-order valence-electron chi connectivity index (χ2n) is 5.82. The summed E-state index contributed by atoms with van der Waals surface area (Å²) < 4.78 is 17.9. The van der Waals surface area contributed by atoms with Crippen LogP contribution in [0.1, 0.15) is 15.9 Å². The van der Waals surface area contributed by atoms with Crippen LogP contribution in [0.25, 0.3) is 17.0 Å². The Morgan fingerprint density at radius 3 is 2.27 bits per heavy atom. The van der Waals surface area contributed by atoms with Gasteiger partial charge in [-0.05, 0) is 30.4 Å². The number of aryl methyl sites for hydroxylation is 1. The van der Waals surface area contributed by atoms with Crippen molar-refractivity contribution in [2.24, 2.45) is 7.05 Å². The molecule has 1 aromatic heterocycles. The Hall–Kier alpha value is -3.21. The van der Waals surface area contributed by atoms with Crippen LogP contribution in [0.15, 0.2) is 48.7 Å². The summed E-state index contributed by atoms with van der Waals surface area (Å²) in [5.41, 5.74) is 2.58. The summed E-state index contributed by atoms with van der Waals surface area (Å²) in [6, 6.07) is 11.4. The van der Waals surface area contributed by atoms with Crippen LogP contribution in [0.4, 0.5) is 0 Å². The Kier molecular flexibility index (Phi) is 4.98. The fourth-order valence-electron chi connectivity index (χ4n) is 2.99. The minimum Gasteiger partial charge on any atom is -0.493 e. The Labute approximate surface area is 152 Å². The summed E-state index contributed by atoms with van der Waals surface area (Å²) in [4.78, 5) is 12.7. The first kappa shape index (κ1) is 17.6. The van der Waals surface area contributed by atoms with E-state index in [1.165, 1.54) is 21.3 Å². The van der Waals surface area contributed by atoms with Gasteiger partial charge in [0.05, 0.1) is 21.3 Å². The van der Waals surface area contributed by atoms with Crippen molar-refractivity contribution in [3.05, 3.63) is 59.8 Å². The predicted molar refractivity (Wildman–Crippen MR) is 102 cm³/mol. The molecule has 0 saturated carbocycles. The zero-order valence-electron chi connectivity index (χ0n) is 15.3. The highest BCUT2D eigenvalue weighted by Crippen LogP contribution is 2.38. The number of rotatable bonds is 6. The van der Waals surface area contributed by atoms with Crippen molar-refractivity contribution in [2.45, 2.75) is 0 Å². The number of benzene rings is 2. The third-order valence-corrected chi connectivity index (χ3v) is 4.29. The first-order valence-electron chi connectivity index (χ1n) is 8.15. The average molecular weight is 351 g/mol. The highest BCUT2D eigenvalue weighted by atomic mass is 16.5.